The fourth-order valence-corrected chi connectivity index (χ4v) is 1.41. The molecular weight excluding hydrogens is 223 g/mol. The summed E-state index contributed by atoms with van der Waals surface area (Å²) in [6, 6.07) is 4.24. The molecule has 76 valence electrons. The van der Waals surface area contributed by atoms with Crippen LogP contribution in [0.4, 0.5) is 5.69 Å². The van der Waals surface area contributed by atoms with Gasteiger partial charge in [-0.2, -0.15) is 0 Å². The molecule has 1 atom stereocenters. The van der Waals surface area contributed by atoms with E-state index in [4.69, 9.17) is 28.9 Å². The summed E-state index contributed by atoms with van der Waals surface area (Å²) in [4.78, 5) is 11.2. The van der Waals surface area contributed by atoms with Crippen molar-refractivity contribution in [1.29, 1.82) is 0 Å². The highest BCUT2D eigenvalue weighted by Gasteiger charge is 2.07. The molecule has 14 heavy (non-hydrogen) atoms. The van der Waals surface area contributed by atoms with Gasteiger partial charge in [0.25, 0.3) is 0 Å². The Hall–Kier alpha value is -0.770. The Morgan fingerprint density at radius 1 is 1.36 bits per heavy atom. The summed E-state index contributed by atoms with van der Waals surface area (Å²) in [5, 5.41) is 3.53. The molecule has 3 N–H and O–H groups in total. The zero-order valence-corrected chi connectivity index (χ0v) is 9.06. The fraction of sp³-hybridized carbons (Fsp3) is 0.222. The average Bonchev–Trinajstić information content (AvgIpc) is 2.01. The maximum Gasteiger partial charge on any atom is 0.241 e. The van der Waals surface area contributed by atoms with Crippen molar-refractivity contribution in [3.8, 4) is 0 Å². The molecule has 0 saturated carbocycles. The molecule has 0 radical (unpaired) electrons. The third-order valence-electron chi connectivity index (χ3n) is 1.54. The van der Waals surface area contributed by atoms with Crippen LogP contribution in [0.5, 0.6) is 0 Å². The summed E-state index contributed by atoms with van der Waals surface area (Å²) in [5.41, 5.74) is 5.93. The molecule has 3 nitrogen and oxygen atoms in total. The van der Waals surface area contributed by atoms with Gasteiger partial charge in [-0.25, -0.2) is 0 Å². The first kappa shape index (κ1) is 11.3. The lowest BCUT2D eigenvalue weighted by molar-refractivity contribution is -0.117. The van der Waals surface area contributed by atoms with E-state index in [9.17, 15) is 4.79 Å². The molecule has 0 aromatic heterocycles. The zero-order chi connectivity index (χ0) is 10.7. The number of nitrogens with two attached hydrogens (primary N) is 1. The van der Waals surface area contributed by atoms with Gasteiger partial charge >= 0.3 is 0 Å². The third-order valence-corrected chi connectivity index (χ3v) is 1.98. The Labute approximate surface area is 92.2 Å². The quantitative estimate of drug-likeness (QED) is 0.823. The van der Waals surface area contributed by atoms with Gasteiger partial charge in [0.1, 0.15) is 0 Å². The van der Waals surface area contributed by atoms with E-state index in [1.807, 2.05) is 0 Å². The van der Waals surface area contributed by atoms with Gasteiger partial charge in [-0.1, -0.05) is 23.2 Å². The van der Waals surface area contributed by atoms with Gasteiger partial charge in [0.2, 0.25) is 5.91 Å². The predicted octanol–water partition coefficient (Wildman–Crippen LogP) is 2.28. The highest BCUT2D eigenvalue weighted by Crippen LogP contribution is 2.22. The van der Waals surface area contributed by atoms with Crippen LogP contribution in [0.15, 0.2) is 18.2 Å². The summed E-state index contributed by atoms with van der Waals surface area (Å²) < 4.78 is 0. The largest absolute Gasteiger partial charge is 0.325 e. The second kappa shape index (κ2) is 4.64. The Bertz CT molecular complexity index is 332. The van der Waals surface area contributed by atoms with Crippen LogP contribution in [0.3, 0.4) is 0 Å². The molecule has 0 spiro atoms. The minimum Gasteiger partial charge on any atom is -0.325 e. The molecule has 5 heteroatoms. The molecule has 0 heterocycles. The van der Waals surface area contributed by atoms with Crippen molar-refractivity contribution in [2.75, 3.05) is 5.32 Å². The topological polar surface area (TPSA) is 55.1 Å². The number of rotatable bonds is 2. The summed E-state index contributed by atoms with van der Waals surface area (Å²) >= 11 is 11.5. The minimum atomic E-state index is -0.562. The van der Waals surface area contributed by atoms with Crippen molar-refractivity contribution in [2.45, 2.75) is 13.0 Å². The van der Waals surface area contributed by atoms with Crippen LogP contribution >= 0.6 is 23.2 Å². The molecule has 0 aliphatic rings. The van der Waals surface area contributed by atoms with Crippen molar-refractivity contribution < 1.29 is 4.79 Å². The molecular formula is C9H10Cl2N2O. The molecule has 0 fully saturated rings. The van der Waals surface area contributed by atoms with E-state index in [2.05, 4.69) is 5.32 Å². The first-order chi connectivity index (χ1) is 6.49. The lowest BCUT2D eigenvalue weighted by Crippen LogP contribution is -2.32. The molecule has 1 rings (SSSR count). The first-order valence-electron chi connectivity index (χ1n) is 4.01. The molecule has 0 bridgehead atoms. The van der Waals surface area contributed by atoms with Gasteiger partial charge in [-0.3, -0.25) is 4.79 Å². The number of hydrogen-bond acceptors (Lipinski definition) is 2. The number of amides is 1. The van der Waals surface area contributed by atoms with E-state index < -0.39 is 6.04 Å². The number of halogens is 2. The third kappa shape index (κ3) is 3.18. The first-order valence-corrected chi connectivity index (χ1v) is 4.77. The van der Waals surface area contributed by atoms with Crippen molar-refractivity contribution in [3.05, 3.63) is 28.2 Å². The van der Waals surface area contributed by atoms with E-state index in [1.165, 1.54) is 0 Å². The van der Waals surface area contributed by atoms with Crippen LogP contribution in [0, 0.1) is 0 Å². The van der Waals surface area contributed by atoms with Crippen LogP contribution in [-0.4, -0.2) is 11.9 Å². The normalized spacial score (nSPS) is 12.3. The van der Waals surface area contributed by atoms with Crippen LogP contribution in [0.2, 0.25) is 10.0 Å². The van der Waals surface area contributed by atoms with E-state index in [1.54, 1.807) is 25.1 Å². The summed E-state index contributed by atoms with van der Waals surface area (Å²) in [6.45, 7) is 1.60. The number of benzene rings is 1. The number of carbonyl (C=O) groups is 1. The average molecular weight is 233 g/mol. The van der Waals surface area contributed by atoms with Gasteiger partial charge in [-0.05, 0) is 25.1 Å². The van der Waals surface area contributed by atoms with E-state index in [0.29, 0.717) is 15.7 Å². The summed E-state index contributed by atoms with van der Waals surface area (Å²) in [5.74, 6) is -0.275. The standard InChI is InChI=1S/C9H10Cl2N2O/c1-5(12)9(14)13-8-3-6(10)2-7(11)4-8/h2-5H,12H2,1H3,(H,13,14)/t5-/m0/s1. The molecule has 0 unspecified atom stereocenters. The highest BCUT2D eigenvalue weighted by molar-refractivity contribution is 6.35. The van der Waals surface area contributed by atoms with E-state index in [-0.39, 0.29) is 5.91 Å². The molecule has 0 aliphatic heterocycles. The van der Waals surface area contributed by atoms with Crippen molar-refractivity contribution in [1.82, 2.24) is 0 Å². The molecule has 1 aromatic rings. The van der Waals surface area contributed by atoms with Crippen LogP contribution in [-0.2, 0) is 4.79 Å². The van der Waals surface area contributed by atoms with Gasteiger partial charge in [0.15, 0.2) is 0 Å². The van der Waals surface area contributed by atoms with Crippen LogP contribution < -0.4 is 11.1 Å². The Kier molecular flexibility index (Phi) is 3.75. The highest BCUT2D eigenvalue weighted by atomic mass is 35.5. The van der Waals surface area contributed by atoms with Crippen LogP contribution in [0.25, 0.3) is 0 Å². The second-order valence-electron chi connectivity index (χ2n) is 2.94. The lowest BCUT2D eigenvalue weighted by atomic mass is 10.3. The van der Waals surface area contributed by atoms with Gasteiger partial charge in [0.05, 0.1) is 6.04 Å². The maximum atomic E-state index is 11.2. The second-order valence-corrected chi connectivity index (χ2v) is 3.81. The Morgan fingerprint density at radius 2 is 1.86 bits per heavy atom. The SMILES string of the molecule is C[C@H](N)C(=O)Nc1cc(Cl)cc(Cl)c1. The van der Waals surface area contributed by atoms with Gasteiger partial charge < -0.3 is 11.1 Å². The molecule has 1 aromatic carbocycles. The van der Waals surface area contributed by atoms with Gasteiger partial charge in [-0.15, -0.1) is 0 Å². The van der Waals surface area contributed by atoms with Crippen LogP contribution in [0.1, 0.15) is 6.92 Å². The minimum absolute atomic E-state index is 0.275. The predicted molar refractivity (Wildman–Crippen MR) is 58.7 cm³/mol. The Morgan fingerprint density at radius 3 is 2.29 bits per heavy atom. The summed E-state index contributed by atoms with van der Waals surface area (Å²) in [6.07, 6.45) is 0. The lowest BCUT2D eigenvalue weighted by Gasteiger charge is -2.08. The molecule has 0 aliphatic carbocycles. The summed E-state index contributed by atoms with van der Waals surface area (Å²) in [7, 11) is 0. The monoisotopic (exact) mass is 232 g/mol. The van der Waals surface area contributed by atoms with E-state index >= 15 is 0 Å². The number of anilines is 1. The fourth-order valence-electron chi connectivity index (χ4n) is 0.882. The maximum absolute atomic E-state index is 11.2. The molecule has 1 amide bonds. The van der Waals surface area contributed by atoms with Gasteiger partial charge in [0, 0.05) is 15.7 Å². The number of hydrogen-bond donors (Lipinski definition) is 2. The van der Waals surface area contributed by atoms with Crippen molar-refractivity contribution in [3.63, 3.8) is 0 Å². The van der Waals surface area contributed by atoms with Crippen molar-refractivity contribution >= 4 is 34.8 Å². The zero-order valence-electron chi connectivity index (χ0n) is 7.55. The number of nitrogens with one attached hydrogen (secondary N) is 1. The van der Waals surface area contributed by atoms with E-state index in [0.717, 1.165) is 0 Å². The Balaban J connectivity index is 2.82. The number of carbonyl (C=O) groups excluding carboxylic acids is 1. The smallest absolute Gasteiger partial charge is 0.241 e. The van der Waals surface area contributed by atoms with Crippen molar-refractivity contribution in [2.24, 2.45) is 5.73 Å². The molecule has 0 saturated heterocycles.